The number of hydrogen-bond donors (Lipinski definition) is 2. The Labute approximate surface area is 130 Å². The molecule has 0 spiro atoms. The van der Waals surface area contributed by atoms with Crippen LogP contribution in [0.15, 0.2) is 24.3 Å². The van der Waals surface area contributed by atoms with Crippen LogP contribution in [0.1, 0.15) is 30.1 Å². The van der Waals surface area contributed by atoms with Gasteiger partial charge in [-0.3, -0.25) is 4.79 Å². The molecular formula is C16H22N2O4. The lowest BCUT2D eigenvalue weighted by Gasteiger charge is -2.26. The molecular weight excluding hydrogens is 284 g/mol. The monoisotopic (exact) mass is 306 g/mol. The van der Waals surface area contributed by atoms with Crippen molar-refractivity contribution in [3.8, 4) is 0 Å². The maximum atomic E-state index is 12.2. The molecule has 0 radical (unpaired) electrons. The molecule has 1 aliphatic rings. The SMILES string of the molecule is CCOC(=O)c1cccc(NC(=O)C(N)C2CCOCC2)c1. The highest BCUT2D eigenvalue weighted by Gasteiger charge is 2.26. The van der Waals surface area contributed by atoms with Gasteiger partial charge in [0.15, 0.2) is 0 Å². The van der Waals surface area contributed by atoms with Crippen LogP contribution in [0.25, 0.3) is 0 Å². The molecule has 1 aromatic carbocycles. The van der Waals surface area contributed by atoms with Crippen LogP contribution in [-0.2, 0) is 14.3 Å². The number of rotatable bonds is 5. The lowest BCUT2D eigenvalue weighted by Crippen LogP contribution is -2.44. The number of carbonyl (C=O) groups excluding carboxylic acids is 2. The molecule has 0 bridgehead atoms. The zero-order valence-corrected chi connectivity index (χ0v) is 12.7. The Kier molecular flexibility index (Phi) is 5.91. The molecule has 120 valence electrons. The number of anilines is 1. The van der Waals surface area contributed by atoms with Crippen molar-refractivity contribution in [2.24, 2.45) is 11.7 Å². The lowest BCUT2D eigenvalue weighted by molar-refractivity contribution is -0.119. The van der Waals surface area contributed by atoms with Gasteiger partial charge in [-0.05, 0) is 43.9 Å². The average Bonchev–Trinajstić information content (AvgIpc) is 2.55. The van der Waals surface area contributed by atoms with E-state index in [-0.39, 0.29) is 11.8 Å². The molecule has 1 atom stereocenters. The van der Waals surface area contributed by atoms with Crippen molar-refractivity contribution in [3.05, 3.63) is 29.8 Å². The Morgan fingerprint density at radius 3 is 2.82 bits per heavy atom. The van der Waals surface area contributed by atoms with Crippen molar-refractivity contribution in [2.75, 3.05) is 25.1 Å². The highest BCUT2D eigenvalue weighted by molar-refractivity contribution is 5.97. The summed E-state index contributed by atoms with van der Waals surface area (Å²) in [5.41, 5.74) is 6.97. The molecule has 1 fully saturated rings. The second-order valence-electron chi connectivity index (χ2n) is 5.27. The minimum Gasteiger partial charge on any atom is -0.462 e. The summed E-state index contributed by atoms with van der Waals surface area (Å²) >= 11 is 0. The van der Waals surface area contributed by atoms with Gasteiger partial charge in [0, 0.05) is 18.9 Å². The summed E-state index contributed by atoms with van der Waals surface area (Å²) in [6.07, 6.45) is 1.58. The Morgan fingerprint density at radius 2 is 2.14 bits per heavy atom. The Morgan fingerprint density at radius 1 is 1.41 bits per heavy atom. The van der Waals surface area contributed by atoms with Gasteiger partial charge >= 0.3 is 5.97 Å². The normalized spacial score (nSPS) is 16.8. The summed E-state index contributed by atoms with van der Waals surface area (Å²) in [6, 6.07) is 6.08. The highest BCUT2D eigenvalue weighted by atomic mass is 16.5. The Bertz CT molecular complexity index is 527. The van der Waals surface area contributed by atoms with Gasteiger partial charge in [0.25, 0.3) is 0 Å². The summed E-state index contributed by atoms with van der Waals surface area (Å²) in [4.78, 5) is 23.9. The molecule has 0 aromatic heterocycles. The van der Waals surface area contributed by atoms with Gasteiger partial charge in [-0.15, -0.1) is 0 Å². The molecule has 2 rings (SSSR count). The number of carbonyl (C=O) groups is 2. The minimum absolute atomic E-state index is 0.127. The first-order valence-corrected chi connectivity index (χ1v) is 7.53. The van der Waals surface area contributed by atoms with Crippen LogP contribution in [-0.4, -0.2) is 37.7 Å². The number of benzene rings is 1. The quantitative estimate of drug-likeness (QED) is 0.806. The van der Waals surface area contributed by atoms with E-state index in [2.05, 4.69) is 5.32 Å². The molecule has 6 nitrogen and oxygen atoms in total. The van der Waals surface area contributed by atoms with Gasteiger partial charge in [-0.1, -0.05) is 6.07 Å². The van der Waals surface area contributed by atoms with E-state index >= 15 is 0 Å². The van der Waals surface area contributed by atoms with Crippen molar-refractivity contribution in [1.29, 1.82) is 0 Å². The maximum absolute atomic E-state index is 12.2. The van der Waals surface area contributed by atoms with Crippen LogP contribution in [0, 0.1) is 5.92 Å². The van der Waals surface area contributed by atoms with Crippen molar-refractivity contribution in [3.63, 3.8) is 0 Å². The summed E-state index contributed by atoms with van der Waals surface area (Å²) in [7, 11) is 0. The van der Waals surface area contributed by atoms with E-state index in [0.29, 0.717) is 31.1 Å². The molecule has 22 heavy (non-hydrogen) atoms. The van der Waals surface area contributed by atoms with Crippen molar-refractivity contribution in [1.82, 2.24) is 0 Å². The third-order valence-corrected chi connectivity index (χ3v) is 3.72. The molecule has 1 aromatic rings. The molecule has 3 N–H and O–H groups in total. The zero-order valence-electron chi connectivity index (χ0n) is 12.7. The van der Waals surface area contributed by atoms with Crippen molar-refractivity contribution < 1.29 is 19.1 Å². The van der Waals surface area contributed by atoms with Gasteiger partial charge in [-0.2, -0.15) is 0 Å². The number of ether oxygens (including phenoxy) is 2. The van der Waals surface area contributed by atoms with Crippen molar-refractivity contribution >= 4 is 17.6 Å². The second-order valence-corrected chi connectivity index (χ2v) is 5.27. The standard InChI is InChI=1S/C16H22N2O4/c1-2-22-16(20)12-4-3-5-13(10-12)18-15(19)14(17)11-6-8-21-9-7-11/h3-5,10-11,14H,2,6-9,17H2,1H3,(H,18,19). The summed E-state index contributed by atoms with van der Waals surface area (Å²) < 4.78 is 10.2. The van der Waals surface area contributed by atoms with Crippen LogP contribution in [0.3, 0.4) is 0 Å². The maximum Gasteiger partial charge on any atom is 0.338 e. The average molecular weight is 306 g/mol. The van der Waals surface area contributed by atoms with E-state index in [1.807, 2.05) is 0 Å². The van der Waals surface area contributed by atoms with Gasteiger partial charge in [-0.25, -0.2) is 4.79 Å². The fourth-order valence-corrected chi connectivity index (χ4v) is 2.45. The van der Waals surface area contributed by atoms with Gasteiger partial charge in [0.05, 0.1) is 18.2 Å². The summed E-state index contributed by atoms with van der Waals surface area (Å²) in [5, 5.41) is 2.76. The number of hydrogen-bond acceptors (Lipinski definition) is 5. The molecule has 1 aliphatic heterocycles. The van der Waals surface area contributed by atoms with Gasteiger partial charge in [0.1, 0.15) is 0 Å². The fourth-order valence-electron chi connectivity index (χ4n) is 2.45. The predicted octanol–water partition coefficient (Wildman–Crippen LogP) is 1.56. The highest BCUT2D eigenvalue weighted by Crippen LogP contribution is 2.19. The van der Waals surface area contributed by atoms with E-state index in [4.69, 9.17) is 15.2 Å². The van der Waals surface area contributed by atoms with E-state index in [1.165, 1.54) is 0 Å². The van der Waals surface area contributed by atoms with Crippen LogP contribution in [0.2, 0.25) is 0 Å². The number of nitrogens with one attached hydrogen (secondary N) is 1. The Balaban J connectivity index is 1.98. The molecule has 1 saturated heterocycles. The first kappa shape index (κ1) is 16.5. The smallest absolute Gasteiger partial charge is 0.338 e. The summed E-state index contributed by atoms with van der Waals surface area (Å²) in [6.45, 7) is 3.34. The van der Waals surface area contributed by atoms with E-state index in [0.717, 1.165) is 12.8 Å². The molecule has 0 saturated carbocycles. The van der Waals surface area contributed by atoms with E-state index in [9.17, 15) is 9.59 Å². The van der Waals surface area contributed by atoms with Crippen LogP contribution >= 0.6 is 0 Å². The van der Waals surface area contributed by atoms with Crippen LogP contribution in [0.4, 0.5) is 5.69 Å². The first-order chi connectivity index (χ1) is 10.6. The number of amides is 1. The van der Waals surface area contributed by atoms with Gasteiger partial charge in [0.2, 0.25) is 5.91 Å². The topological polar surface area (TPSA) is 90.7 Å². The Hall–Kier alpha value is -1.92. The lowest BCUT2D eigenvalue weighted by atomic mass is 9.92. The largest absolute Gasteiger partial charge is 0.462 e. The third-order valence-electron chi connectivity index (χ3n) is 3.72. The minimum atomic E-state index is -0.574. The summed E-state index contributed by atoms with van der Waals surface area (Å²) in [5.74, 6) is -0.526. The van der Waals surface area contributed by atoms with E-state index in [1.54, 1.807) is 31.2 Å². The molecule has 6 heteroatoms. The van der Waals surface area contributed by atoms with Crippen molar-refractivity contribution in [2.45, 2.75) is 25.8 Å². The molecule has 1 unspecified atom stereocenters. The first-order valence-electron chi connectivity index (χ1n) is 7.53. The number of nitrogens with two attached hydrogens (primary N) is 1. The predicted molar refractivity (Wildman–Crippen MR) is 82.5 cm³/mol. The van der Waals surface area contributed by atoms with Gasteiger partial charge < -0.3 is 20.5 Å². The fraction of sp³-hybridized carbons (Fsp3) is 0.500. The van der Waals surface area contributed by atoms with Crippen LogP contribution < -0.4 is 11.1 Å². The molecule has 0 aliphatic carbocycles. The molecule has 1 heterocycles. The second kappa shape index (κ2) is 7.91. The number of esters is 1. The molecule has 1 amide bonds. The zero-order chi connectivity index (χ0) is 15.9. The third kappa shape index (κ3) is 4.29. The van der Waals surface area contributed by atoms with E-state index < -0.39 is 12.0 Å². The van der Waals surface area contributed by atoms with Crippen LogP contribution in [0.5, 0.6) is 0 Å².